The summed E-state index contributed by atoms with van der Waals surface area (Å²) >= 11 is 0. The molecule has 0 amide bonds. The van der Waals surface area contributed by atoms with E-state index in [1.165, 1.54) is 22.4 Å². The Balaban J connectivity index is 1.37. The van der Waals surface area contributed by atoms with Gasteiger partial charge in [0.1, 0.15) is 0 Å². The van der Waals surface area contributed by atoms with Crippen molar-refractivity contribution in [1.82, 2.24) is 9.78 Å². The number of aryl methyl sites for hydroxylation is 1. The fraction of sp³-hybridized carbons (Fsp3) is 0.364. The maximum atomic E-state index is 6.01. The fourth-order valence-electron chi connectivity index (χ4n) is 3.95. The second kappa shape index (κ2) is 6.82. The monoisotopic (exact) mass is 361 g/mol. The standard InChI is InChI=1S/C22H23N3O2/c1-25-21-11-15(10-20-18-5-3-2-4-17(18)12-23-20)6-7-19(21)22(24-25)27-14-16-8-9-26-13-16/h2-7,11,16H,8-10,12-14H2,1H3. The molecule has 1 unspecified atom stereocenters. The second-order valence-electron chi connectivity index (χ2n) is 7.42. The summed E-state index contributed by atoms with van der Waals surface area (Å²) < 4.78 is 13.3. The van der Waals surface area contributed by atoms with Crippen molar-refractivity contribution in [3.8, 4) is 5.88 Å². The predicted molar refractivity (Wildman–Crippen MR) is 106 cm³/mol. The summed E-state index contributed by atoms with van der Waals surface area (Å²) in [6, 6.07) is 15.0. The van der Waals surface area contributed by atoms with E-state index in [1.54, 1.807) is 0 Å². The zero-order valence-electron chi connectivity index (χ0n) is 15.5. The van der Waals surface area contributed by atoms with Gasteiger partial charge in [-0.15, -0.1) is 5.10 Å². The van der Waals surface area contributed by atoms with Crippen LogP contribution in [0.4, 0.5) is 0 Å². The van der Waals surface area contributed by atoms with Crippen LogP contribution in [0.1, 0.15) is 23.1 Å². The van der Waals surface area contributed by atoms with E-state index < -0.39 is 0 Å². The molecule has 0 bridgehead atoms. The van der Waals surface area contributed by atoms with Gasteiger partial charge in [0.05, 0.1) is 30.7 Å². The lowest BCUT2D eigenvalue weighted by Gasteiger charge is -2.08. The van der Waals surface area contributed by atoms with Crippen LogP contribution in [0.25, 0.3) is 10.9 Å². The van der Waals surface area contributed by atoms with E-state index in [4.69, 9.17) is 14.5 Å². The number of aromatic nitrogens is 2. The molecule has 5 nitrogen and oxygen atoms in total. The Bertz CT molecular complexity index is 1020. The van der Waals surface area contributed by atoms with Crippen molar-refractivity contribution in [2.75, 3.05) is 19.8 Å². The molecule has 1 fully saturated rings. The number of benzene rings is 2. The minimum atomic E-state index is 0.474. The van der Waals surface area contributed by atoms with E-state index >= 15 is 0 Å². The van der Waals surface area contributed by atoms with E-state index in [9.17, 15) is 0 Å². The van der Waals surface area contributed by atoms with Crippen LogP contribution in [0.2, 0.25) is 0 Å². The molecule has 0 N–H and O–H groups in total. The molecule has 27 heavy (non-hydrogen) atoms. The van der Waals surface area contributed by atoms with Gasteiger partial charge in [0.25, 0.3) is 0 Å². The Kier molecular flexibility index (Phi) is 4.17. The van der Waals surface area contributed by atoms with Crippen molar-refractivity contribution in [2.45, 2.75) is 19.4 Å². The molecule has 3 aromatic rings. The molecule has 1 atom stereocenters. The van der Waals surface area contributed by atoms with E-state index in [0.717, 1.165) is 49.4 Å². The van der Waals surface area contributed by atoms with Crippen molar-refractivity contribution < 1.29 is 9.47 Å². The molecule has 2 aliphatic heterocycles. The fourth-order valence-corrected chi connectivity index (χ4v) is 3.95. The van der Waals surface area contributed by atoms with Gasteiger partial charge in [-0.1, -0.05) is 30.3 Å². The van der Waals surface area contributed by atoms with Gasteiger partial charge in [0, 0.05) is 37.3 Å². The van der Waals surface area contributed by atoms with Gasteiger partial charge in [-0.3, -0.25) is 9.67 Å². The molecular formula is C22H23N3O2. The van der Waals surface area contributed by atoms with Crippen LogP contribution in [0.3, 0.4) is 0 Å². The first-order chi connectivity index (χ1) is 13.3. The third-order valence-corrected chi connectivity index (χ3v) is 5.50. The van der Waals surface area contributed by atoms with Crippen molar-refractivity contribution in [2.24, 2.45) is 18.0 Å². The quantitative estimate of drug-likeness (QED) is 0.698. The van der Waals surface area contributed by atoms with Gasteiger partial charge in [0.15, 0.2) is 0 Å². The molecule has 0 spiro atoms. The Morgan fingerprint density at radius 3 is 3.04 bits per heavy atom. The van der Waals surface area contributed by atoms with Crippen LogP contribution in [0, 0.1) is 5.92 Å². The smallest absolute Gasteiger partial charge is 0.240 e. The van der Waals surface area contributed by atoms with Crippen LogP contribution in [-0.2, 0) is 24.8 Å². The molecule has 0 radical (unpaired) electrons. The normalized spacial score (nSPS) is 18.7. The summed E-state index contributed by atoms with van der Waals surface area (Å²) in [6.07, 6.45) is 1.91. The predicted octanol–water partition coefficient (Wildman–Crippen LogP) is 3.53. The lowest BCUT2D eigenvalue weighted by molar-refractivity contribution is 0.165. The Morgan fingerprint density at radius 2 is 2.15 bits per heavy atom. The van der Waals surface area contributed by atoms with Gasteiger partial charge in [0.2, 0.25) is 5.88 Å². The molecule has 0 aliphatic carbocycles. The van der Waals surface area contributed by atoms with Crippen LogP contribution in [-0.4, -0.2) is 35.3 Å². The average molecular weight is 361 g/mol. The van der Waals surface area contributed by atoms with E-state index in [0.29, 0.717) is 12.5 Å². The lowest BCUT2D eigenvalue weighted by atomic mass is 10.00. The Labute approximate surface area is 158 Å². The van der Waals surface area contributed by atoms with Crippen LogP contribution < -0.4 is 4.74 Å². The highest BCUT2D eigenvalue weighted by Gasteiger charge is 2.19. The highest BCUT2D eigenvalue weighted by atomic mass is 16.5. The molecule has 5 rings (SSSR count). The van der Waals surface area contributed by atoms with Gasteiger partial charge in [-0.2, -0.15) is 0 Å². The summed E-state index contributed by atoms with van der Waals surface area (Å²) in [5, 5.41) is 5.65. The highest BCUT2D eigenvalue weighted by molar-refractivity contribution is 6.05. The molecule has 1 saturated heterocycles. The summed E-state index contributed by atoms with van der Waals surface area (Å²) in [7, 11) is 1.97. The second-order valence-corrected chi connectivity index (χ2v) is 7.42. The van der Waals surface area contributed by atoms with Gasteiger partial charge in [-0.25, -0.2) is 0 Å². The number of ether oxygens (including phenoxy) is 2. The first kappa shape index (κ1) is 16.5. The van der Waals surface area contributed by atoms with Crippen molar-refractivity contribution in [1.29, 1.82) is 0 Å². The molecular weight excluding hydrogens is 338 g/mol. The first-order valence-corrected chi connectivity index (χ1v) is 9.56. The third kappa shape index (κ3) is 3.12. The largest absolute Gasteiger partial charge is 0.476 e. The van der Waals surface area contributed by atoms with Crippen molar-refractivity contribution >= 4 is 16.6 Å². The molecule has 2 aliphatic rings. The lowest BCUT2D eigenvalue weighted by Crippen LogP contribution is -2.12. The molecule has 3 heterocycles. The topological polar surface area (TPSA) is 48.6 Å². The Hall–Kier alpha value is -2.66. The average Bonchev–Trinajstić information content (AvgIpc) is 3.41. The highest BCUT2D eigenvalue weighted by Crippen LogP contribution is 2.28. The van der Waals surface area contributed by atoms with E-state index in [-0.39, 0.29) is 0 Å². The van der Waals surface area contributed by atoms with Gasteiger partial charge < -0.3 is 9.47 Å². The van der Waals surface area contributed by atoms with Crippen LogP contribution in [0.15, 0.2) is 47.5 Å². The molecule has 1 aromatic heterocycles. The minimum Gasteiger partial charge on any atom is -0.476 e. The molecule has 2 aromatic carbocycles. The molecule has 138 valence electrons. The summed E-state index contributed by atoms with van der Waals surface area (Å²) in [5.74, 6) is 1.19. The van der Waals surface area contributed by atoms with Gasteiger partial charge >= 0.3 is 0 Å². The summed E-state index contributed by atoms with van der Waals surface area (Å²) in [4.78, 5) is 4.74. The number of hydrogen-bond acceptors (Lipinski definition) is 4. The van der Waals surface area contributed by atoms with Crippen molar-refractivity contribution in [3.05, 3.63) is 59.2 Å². The number of rotatable bonds is 5. The zero-order chi connectivity index (χ0) is 18.2. The number of fused-ring (bicyclic) bond motifs is 2. The van der Waals surface area contributed by atoms with Crippen LogP contribution in [0.5, 0.6) is 5.88 Å². The van der Waals surface area contributed by atoms with Crippen molar-refractivity contribution in [3.63, 3.8) is 0 Å². The molecule has 5 heteroatoms. The Morgan fingerprint density at radius 1 is 1.22 bits per heavy atom. The SMILES string of the molecule is Cn1nc(OCC2CCOC2)c2ccc(CC3=NCc4ccccc43)cc21. The minimum absolute atomic E-state index is 0.474. The zero-order valence-corrected chi connectivity index (χ0v) is 15.5. The van der Waals surface area contributed by atoms with Crippen LogP contribution >= 0.6 is 0 Å². The maximum absolute atomic E-state index is 6.01. The summed E-state index contributed by atoms with van der Waals surface area (Å²) in [6.45, 7) is 3.09. The maximum Gasteiger partial charge on any atom is 0.240 e. The van der Waals surface area contributed by atoms with Gasteiger partial charge in [-0.05, 0) is 29.7 Å². The first-order valence-electron chi connectivity index (χ1n) is 9.56. The third-order valence-electron chi connectivity index (χ3n) is 5.50. The summed E-state index contributed by atoms with van der Waals surface area (Å²) in [5.41, 5.74) is 6.12. The number of hydrogen-bond donors (Lipinski definition) is 0. The van der Waals surface area contributed by atoms with E-state index in [2.05, 4.69) is 47.6 Å². The number of nitrogens with zero attached hydrogens (tertiary/aromatic N) is 3. The molecule has 0 saturated carbocycles. The van der Waals surface area contributed by atoms with E-state index in [1.807, 2.05) is 11.7 Å². The number of aliphatic imine (C=N–C) groups is 1.